The highest BCUT2D eigenvalue weighted by atomic mass is 32.1. The number of nitrogens with one attached hydrogen (secondary N) is 1. The van der Waals surface area contributed by atoms with Crippen molar-refractivity contribution in [1.29, 1.82) is 0 Å². The quantitative estimate of drug-likeness (QED) is 0.766. The van der Waals surface area contributed by atoms with Gasteiger partial charge < -0.3 is 5.32 Å². The third-order valence-electron chi connectivity index (χ3n) is 4.86. The monoisotopic (exact) mass is 378 g/mol. The lowest BCUT2D eigenvalue weighted by Crippen LogP contribution is -2.32. The molecule has 0 aromatic carbocycles. The van der Waals surface area contributed by atoms with Gasteiger partial charge in [0, 0.05) is 43.2 Å². The number of nitrogens with zero attached hydrogens (tertiary/aromatic N) is 3. The SMILES string of the molecule is CC(=O)c1cc(NC2CCC(F)(F)CC2)nc(-c2nc(C3CC3)cs2)n1. The molecule has 8 heteroatoms. The van der Waals surface area contributed by atoms with Gasteiger partial charge in [-0.05, 0) is 25.7 Å². The molecule has 2 aliphatic carbocycles. The van der Waals surface area contributed by atoms with E-state index in [2.05, 4.69) is 20.3 Å². The second-order valence-corrected chi connectivity index (χ2v) is 8.00. The number of ketones is 1. The Kier molecular flexibility index (Phi) is 4.46. The first-order valence-corrected chi connectivity index (χ1v) is 9.78. The van der Waals surface area contributed by atoms with E-state index in [4.69, 9.17) is 0 Å². The van der Waals surface area contributed by atoms with Crippen LogP contribution in [-0.4, -0.2) is 32.7 Å². The highest BCUT2D eigenvalue weighted by Crippen LogP contribution is 2.41. The average molecular weight is 378 g/mol. The highest BCUT2D eigenvalue weighted by Gasteiger charge is 2.35. The number of alkyl halides is 2. The summed E-state index contributed by atoms with van der Waals surface area (Å²) in [7, 11) is 0. The molecule has 5 nitrogen and oxygen atoms in total. The zero-order valence-corrected chi connectivity index (χ0v) is 15.3. The molecule has 2 heterocycles. The Morgan fingerprint density at radius 2 is 1.92 bits per heavy atom. The summed E-state index contributed by atoms with van der Waals surface area (Å²) in [6.45, 7) is 1.45. The van der Waals surface area contributed by atoms with E-state index < -0.39 is 5.92 Å². The first-order chi connectivity index (χ1) is 12.4. The Morgan fingerprint density at radius 3 is 2.58 bits per heavy atom. The smallest absolute Gasteiger partial charge is 0.248 e. The maximum Gasteiger partial charge on any atom is 0.248 e. The van der Waals surface area contributed by atoms with Crippen molar-refractivity contribution in [2.45, 2.75) is 63.3 Å². The molecule has 0 spiro atoms. The first-order valence-electron chi connectivity index (χ1n) is 8.90. The second-order valence-electron chi connectivity index (χ2n) is 7.14. The van der Waals surface area contributed by atoms with Crippen LogP contribution in [0.2, 0.25) is 0 Å². The summed E-state index contributed by atoms with van der Waals surface area (Å²) < 4.78 is 26.7. The molecule has 2 aliphatic rings. The molecule has 2 saturated carbocycles. The molecule has 1 N–H and O–H groups in total. The lowest BCUT2D eigenvalue weighted by molar-refractivity contribution is -0.0361. The molecule has 4 rings (SSSR count). The number of hydrogen-bond donors (Lipinski definition) is 1. The summed E-state index contributed by atoms with van der Waals surface area (Å²) >= 11 is 1.47. The number of thiazole rings is 1. The van der Waals surface area contributed by atoms with Crippen molar-refractivity contribution in [2.24, 2.45) is 0 Å². The van der Waals surface area contributed by atoms with Crippen LogP contribution in [0.1, 0.15) is 67.5 Å². The summed E-state index contributed by atoms with van der Waals surface area (Å²) in [5.41, 5.74) is 1.37. The van der Waals surface area contributed by atoms with Gasteiger partial charge in [-0.15, -0.1) is 11.3 Å². The fourth-order valence-electron chi connectivity index (χ4n) is 3.15. The molecule has 26 heavy (non-hydrogen) atoms. The van der Waals surface area contributed by atoms with Crippen molar-refractivity contribution in [2.75, 3.05) is 5.32 Å². The van der Waals surface area contributed by atoms with Crippen LogP contribution in [-0.2, 0) is 0 Å². The van der Waals surface area contributed by atoms with Gasteiger partial charge >= 0.3 is 0 Å². The van der Waals surface area contributed by atoms with E-state index in [1.54, 1.807) is 6.07 Å². The minimum Gasteiger partial charge on any atom is -0.367 e. The van der Waals surface area contributed by atoms with E-state index in [1.807, 2.05) is 5.38 Å². The van der Waals surface area contributed by atoms with Crippen LogP contribution >= 0.6 is 11.3 Å². The predicted molar refractivity (Wildman–Crippen MR) is 95.9 cm³/mol. The lowest BCUT2D eigenvalue weighted by atomic mass is 9.92. The van der Waals surface area contributed by atoms with Gasteiger partial charge in [0.1, 0.15) is 11.5 Å². The maximum absolute atomic E-state index is 13.3. The maximum atomic E-state index is 13.3. The summed E-state index contributed by atoms with van der Waals surface area (Å²) in [6, 6.07) is 1.52. The standard InChI is InChI=1S/C18H20F2N4OS/c1-10(25)13-8-15(21-12-4-6-18(19,20)7-5-12)24-16(22-13)17-23-14(9-26-17)11-2-3-11/h8-9,11-12H,2-7H2,1H3,(H,21,22,24). The number of carbonyl (C=O) groups excluding carboxylic acids is 1. The largest absolute Gasteiger partial charge is 0.367 e. The zero-order chi connectivity index (χ0) is 18.3. The van der Waals surface area contributed by atoms with Gasteiger partial charge in [0.15, 0.2) is 16.6 Å². The van der Waals surface area contributed by atoms with Crippen LogP contribution in [0.5, 0.6) is 0 Å². The average Bonchev–Trinajstić information content (AvgIpc) is 3.33. The zero-order valence-electron chi connectivity index (χ0n) is 14.5. The fraction of sp³-hybridized carbons (Fsp3) is 0.556. The van der Waals surface area contributed by atoms with Crippen molar-refractivity contribution in [3.05, 3.63) is 22.8 Å². The van der Waals surface area contributed by atoms with Gasteiger partial charge in [-0.2, -0.15) is 0 Å². The normalized spacial score (nSPS) is 20.1. The van der Waals surface area contributed by atoms with Crippen molar-refractivity contribution in [3.8, 4) is 10.8 Å². The van der Waals surface area contributed by atoms with Crippen LogP contribution in [0.25, 0.3) is 10.8 Å². The Balaban J connectivity index is 1.57. The van der Waals surface area contributed by atoms with Crippen LogP contribution < -0.4 is 5.32 Å². The molecule has 0 amide bonds. The van der Waals surface area contributed by atoms with Crippen molar-refractivity contribution in [1.82, 2.24) is 15.0 Å². The topological polar surface area (TPSA) is 67.8 Å². The first kappa shape index (κ1) is 17.5. The molecular formula is C18H20F2N4OS. The summed E-state index contributed by atoms with van der Waals surface area (Å²) in [5, 5.41) is 5.92. The van der Waals surface area contributed by atoms with E-state index in [9.17, 15) is 13.6 Å². The fourth-order valence-corrected chi connectivity index (χ4v) is 3.98. The van der Waals surface area contributed by atoms with Crippen LogP contribution in [0.4, 0.5) is 14.6 Å². The summed E-state index contributed by atoms with van der Waals surface area (Å²) in [4.78, 5) is 25.3. The number of carbonyl (C=O) groups is 1. The van der Waals surface area contributed by atoms with E-state index >= 15 is 0 Å². The Labute approximate surface area is 154 Å². The van der Waals surface area contributed by atoms with Gasteiger partial charge in [-0.3, -0.25) is 4.79 Å². The molecule has 0 saturated heterocycles. The van der Waals surface area contributed by atoms with Gasteiger partial charge in [-0.25, -0.2) is 23.7 Å². The summed E-state index contributed by atoms with van der Waals surface area (Å²) in [6.07, 6.45) is 2.84. The van der Waals surface area contributed by atoms with Gasteiger partial charge in [-0.1, -0.05) is 0 Å². The number of aromatic nitrogens is 3. The molecule has 2 aromatic rings. The number of hydrogen-bond acceptors (Lipinski definition) is 6. The Bertz CT molecular complexity index is 824. The van der Waals surface area contributed by atoms with Crippen molar-refractivity contribution >= 4 is 22.9 Å². The molecule has 0 radical (unpaired) electrons. The summed E-state index contributed by atoms with van der Waals surface area (Å²) in [5.74, 6) is -1.28. The minimum absolute atomic E-state index is 0.0736. The van der Waals surface area contributed by atoms with E-state index in [-0.39, 0.29) is 24.7 Å². The predicted octanol–water partition coefficient (Wildman–Crippen LogP) is 4.67. The third-order valence-corrected chi connectivity index (χ3v) is 5.72. The number of halogens is 2. The van der Waals surface area contributed by atoms with Gasteiger partial charge in [0.05, 0.1) is 5.69 Å². The molecule has 0 unspecified atom stereocenters. The number of anilines is 1. The van der Waals surface area contributed by atoms with Crippen LogP contribution in [0.3, 0.4) is 0 Å². The van der Waals surface area contributed by atoms with Gasteiger partial charge in [0.25, 0.3) is 0 Å². The Hall–Kier alpha value is -1.96. The molecule has 2 aromatic heterocycles. The molecule has 138 valence electrons. The molecule has 0 atom stereocenters. The van der Waals surface area contributed by atoms with Crippen molar-refractivity contribution in [3.63, 3.8) is 0 Å². The van der Waals surface area contributed by atoms with Crippen LogP contribution in [0.15, 0.2) is 11.4 Å². The van der Waals surface area contributed by atoms with Crippen molar-refractivity contribution < 1.29 is 13.6 Å². The molecule has 0 bridgehead atoms. The molecular weight excluding hydrogens is 358 g/mol. The third kappa shape index (κ3) is 3.90. The Morgan fingerprint density at radius 1 is 1.19 bits per heavy atom. The highest BCUT2D eigenvalue weighted by molar-refractivity contribution is 7.13. The van der Waals surface area contributed by atoms with E-state index in [0.29, 0.717) is 41.1 Å². The van der Waals surface area contributed by atoms with Crippen LogP contribution in [0, 0.1) is 0 Å². The lowest BCUT2D eigenvalue weighted by Gasteiger charge is -2.29. The number of rotatable bonds is 5. The molecule has 2 fully saturated rings. The second kappa shape index (κ2) is 6.64. The minimum atomic E-state index is -2.57. The van der Waals surface area contributed by atoms with Gasteiger partial charge in [0.2, 0.25) is 5.92 Å². The number of Topliss-reactive ketones (excluding diaryl/α,β-unsaturated/α-hetero) is 1. The van der Waals surface area contributed by atoms with E-state index in [1.165, 1.54) is 18.3 Å². The van der Waals surface area contributed by atoms with E-state index in [0.717, 1.165) is 18.5 Å². The molecule has 0 aliphatic heterocycles.